The highest BCUT2D eigenvalue weighted by Crippen LogP contribution is 2.57. The first-order valence-electron chi connectivity index (χ1n) is 8.24. The molecule has 6 rings (SSSR count). The Morgan fingerprint density at radius 2 is 1.64 bits per heavy atom. The number of phenolic OH excluding ortho intramolecular Hbond substituents is 1. The molecule has 0 radical (unpaired) electrons. The lowest BCUT2D eigenvalue weighted by Gasteiger charge is -2.41. The Kier molecular flexibility index (Phi) is 2.30. The third-order valence-electron chi connectivity index (χ3n) is 5.29. The molecule has 0 amide bonds. The lowest BCUT2D eigenvalue weighted by atomic mass is 9.83. The molecule has 1 spiro atoms. The van der Waals surface area contributed by atoms with Gasteiger partial charge in [-0.15, -0.1) is 0 Å². The van der Waals surface area contributed by atoms with Crippen molar-refractivity contribution in [2.45, 2.75) is 24.1 Å². The molecule has 25 heavy (non-hydrogen) atoms. The van der Waals surface area contributed by atoms with Crippen LogP contribution in [0, 0.1) is 0 Å². The second kappa shape index (κ2) is 4.25. The molecule has 3 aromatic carbocycles. The van der Waals surface area contributed by atoms with Gasteiger partial charge in [0.05, 0.1) is 5.39 Å². The van der Waals surface area contributed by atoms with Crippen LogP contribution < -0.4 is 9.47 Å². The Bertz CT molecular complexity index is 1000. The number of hydrogen-bond acceptors (Lipinski definition) is 5. The second-order valence-electron chi connectivity index (χ2n) is 6.72. The van der Waals surface area contributed by atoms with Gasteiger partial charge in [0.1, 0.15) is 29.5 Å². The molecule has 0 unspecified atom stereocenters. The first-order chi connectivity index (χ1) is 12.2. The minimum Gasteiger partial charge on any atom is -0.508 e. The summed E-state index contributed by atoms with van der Waals surface area (Å²) in [6.07, 6.45) is -1.56. The Labute approximate surface area is 143 Å². The van der Waals surface area contributed by atoms with Crippen LogP contribution in [0.4, 0.5) is 0 Å². The van der Waals surface area contributed by atoms with E-state index >= 15 is 0 Å². The maximum atomic E-state index is 10.5. The van der Waals surface area contributed by atoms with Crippen molar-refractivity contribution in [3.05, 3.63) is 65.7 Å². The number of phenols is 1. The molecule has 5 nitrogen and oxygen atoms in total. The van der Waals surface area contributed by atoms with Gasteiger partial charge in [-0.3, -0.25) is 0 Å². The summed E-state index contributed by atoms with van der Waals surface area (Å²) in [4.78, 5) is 0. The number of aliphatic hydroxyl groups is 1. The van der Waals surface area contributed by atoms with Crippen LogP contribution in [-0.2, 0) is 10.5 Å². The van der Waals surface area contributed by atoms with E-state index < -0.39 is 18.0 Å². The maximum Gasteiger partial charge on any atom is 0.307 e. The Morgan fingerprint density at radius 1 is 0.920 bits per heavy atom. The largest absolute Gasteiger partial charge is 0.508 e. The molecule has 3 aromatic rings. The SMILES string of the molecule is Oc1ccc2c(c1)C1(Oc3cccc4cccc(c34)O1)[C@@H]1O[C@@H]1[C@@H]2O. The average Bonchev–Trinajstić information content (AvgIpc) is 3.42. The molecule has 124 valence electrons. The van der Waals surface area contributed by atoms with Crippen LogP contribution in [0.15, 0.2) is 54.6 Å². The predicted molar refractivity (Wildman–Crippen MR) is 88.6 cm³/mol. The molecule has 5 heteroatoms. The van der Waals surface area contributed by atoms with Gasteiger partial charge >= 0.3 is 5.79 Å². The number of ether oxygens (including phenoxy) is 3. The Balaban J connectivity index is 1.63. The van der Waals surface area contributed by atoms with Gasteiger partial charge in [0.25, 0.3) is 0 Å². The summed E-state index contributed by atoms with van der Waals surface area (Å²) < 4.78 is 18.4. The standard InChI is InChI=1S/C20H14O5/c21-11-7-8-12-13(9-11)20(19-18(23-19)17(12)22)24-14-5-1-3-10-4-2-6-15(25-20)16(10)14/h1-9,17-19,21-22H/t17-,18-,19-/m1/s1. The van der Waals surface area contributed by atoms with Gasteiger partial charge in [-0.05, 0) is 35.2 Å². The molecule has 3 atom stereocenters. The Morgan fingerprint density at radius 3 is 2.36 bits per heavy atom. The number of hydrogen-bond donors (Lipinski definition) is 2. The van der Waals surface area contributed by atoms with Crippen molar-refractivity contribution in [1.29, 1.82) is 0 Å². The normalized spacial score (nSPS) is 27.2. The van der Waals surface area contributed by atoms with Crippen LogP contribution in [0.3, 0.4) is 0 Å². The van der Waals surface area contributed by atoms with E-state index in [9.17, 15) is 10.2 Å². The summed E-state index contributed by atoms with van der Waals surface area (Å²) in [6, 6.07) is 16.5. The van der Waals surface area contributed by atoms with E-state index in [4.69, 9.17) is 14.2 Å². The molecule has 1 saturated heterocycles. The van der Waals surface area contributed by atoms with E-state index in [1.807, 2.05) is 36.4 Å². The van der Waals surface area contributed by atoms with E-state index in [2.05, 4.69) is 0 Å². The summed E-state index contributed by atoms with van der Waals surface area (Å²) in [6.45, 7) is 0. The van der Waals surface area contributed by atoms with E-state index in [0.717, 1.165) is 10.8 Å². The van der Waals surface area contributed by atoms with Crippen molar-refractivity contribution in [3.8, 4) is 17.2 Å². The van der Waals surface area contributed by atoms with Crippen molar-refractivity contribution in [1.82, 2.24) is 0 Å². The third-order valence-corrected chi connectivity index (χ3v) is 5.29. The second-order valence-corrected chi connectivity index (χ2v) is 6.72. The molecule has 1 fully saturated rings. The number of aliphatic hydroxyl groups excluding tert-OH is 1. The Hall–Kier alpha value is -2.76. The van der Waals surface area contributed by atoms with Crippen LogP contribution in [-0.4, -0.2) is 22.4 Å². The zero-order valence-electron chi connectivity index (χ0n) is 13.0. The summed E-state index contributed by atoms with van der Waals surface area (Å²) in [5.41, 5.74) is 1.26. The monoisotopic (exact) mass is 334 g/mol. The molecule has 1 aliphatic carbocycles. The van der Waals surface area contributed by atoms with E-state index in [1.54, 1.807) is 18.2 Å². The zero-order valence-corrected chi connectivity index (χ0v) is 13.0. The molecule has 0 aromatic heterocycles. The molecular weight excluding hydrogens is 320 g/mol. The van der Waals surface area contributed by atoms with Gasteiger partial charge in [-0.25, -0.2) is 0 Å². The minimum absolute atomic E-state index is 0.0914. The van der Waals surface area contributed by atoms with E-state index in [0.29, 0.717) is 22.6 Å². The van der Waals surface area contributed by atoms with Gasteiger partial charge in [-0.2, -0.15) is 0 Å². The topological polar surface area (TPSA) is 71.5 Å². The molecule has 0 saturated carbocycles. The zero-order chi connectivity index (χ0) is 16.8. The quantitative estimate of drug-likeness (QED) is 0.619. The van der Waals surface area contributed by atoms with E-state index in [1.165, 1.54) is 0 Å². The van der Waals surface area contributed by atoms with Crippen LogP contribution in [0.2, 0.25) is 0 Å². The number of benzene rings is 3. The van der Waals surface area contributed by atoms with Crippen molar-refractivity contribution in [2.75, 3.05) is 0 Å². The van der Waals surface area contributed by atoms with Crippen LogP contribution in [0.25, 0.3) is 10.8 Å². The molecule has 3 aliphatic rings. The summed E-state index contributed by atoms with van der Waals surface area (Å²) in [5, 5.41) is 22.5. The predicted octanol–water partition coefficient (Wildman–Crippen LogP) is 2.98. The average molecular weight is 334 g/mol. The van der Waals surface area contributed by atoms with Crippen molar-refractivity contribution in [3.63, 3.8) is 0 Å². The number of aromatic hydroxyl groups is 1. The highest BCUT2D eigenvalue weighted by atomic mass is 16.8. The van der Waals surface area contributed by atoms with Gasteiger partial charge in [0.15, 0.2) is 6.10 Å². The fraction of sp³-hybridized carbons (Fsp3) is 0.200. The van der Waals surface area contributed by atoms with Gasteiger partial charge < -0.3 is 24.4 Å². The third kappa shape index (κ3) is 1.59. The van der Waals surface area contributed by atoms with Crippen molar-refractivity contribution in [2.24, 2.45) is 0 Å². The van der Waals surface area contributed by atoms with Crippen LogP contribution in [0.5, 0.6) is 17.2 Å². The number of fused-ring (bicyclic) bond motifs is 4. The molecular formula is C20H14O5. The van der Waals surface area contributed by atoms with Gasteiger partial charge in [-0.1, -0.05) is 30.3 Å². The number of rotatable bonds is 0. The van der Waals surface area contributed by atoms with Crippen LogP contribution in [0.1, 0.15) is 17.2 Å². The lowest BCUT2D eigenvalue weighted by Crippen LogP contribution is -2.50. The molecule has 0 bridgehead atoms. The lowest BCUT2D eigenvalue weighted by molar-refractivity contribution is -0.148. The summed E-state index contributed by atoms with van der Waals surface area (Å²) >= 11 is 0. The fourth-order valence-electron chi connectivity index (χ4n) is 4.12. The summed E-state index contributed by atoms with van der Waals surface area (Å²) in [7, 11) is 0. The fourth-order valence-corrected chi connectivity index (χ4v) is 4.12. The van der Waals surface area contributed by atoms with Gasteiger partial charge in [0.2, 0.25) is 0 Å². The smallest absolute Gasteiger partial charge is 0.307 e. The maximum absolute atomic E-state index is 10.5. The van der Waals surface area contributed by atoms with Crippen LogP contribution >= 0.6 is 0 Å². The first kappa shape index (κ1) is 13.5. The number of epoxide rings is 1. The molecule has 2 heterocycles. The molecule has 2 N–H and O–H groups in total. The van der Waals surface area contributed by atoms with E-state index in [-0.39, 0.29) is 11.9 Å². The molecule has 2 aliphatic heterocycles. The first-order valence-corrected chi connectivity index (χ1v) is 8.24. The van der Waals surface area contributed by atoms with Gasteiger partial charge in [0, 0.05) is 5.56 Å². The highest BCUT2D eigenvalue weighted by molar-refractivity contribution is 5.94. The minimum atomic E-state index is -1.21. The highest BCUT2D eigenvalue weighted by Gasteiger charge is 2.68. The summed E-state index contributed by atoms with van der Waals surface area (Å²) in [5.74, 6) is 0.299. The van der Waals surface area contributed by atoms with Crippen molar-refractivity contribution >= 4 is 10.8 Å². The van der Waals surface area contributed by atoms with Crippen molar-refractivity contribution < 1.29 is 24.4 Å².